The van der Waals surface area contributed by atoms with E-state index in [1.807, 2.05) is 0 Å². The second-order valence-corrected chi connectivity index (χ2v) is 2.12. The predicted octanol–water partition coefficient (Wildman–Crippen LogP) is 0.251. The molecule has 11 heavy (non-hydrogen) atoms. The quantitative estimate of drug-likeness (QED) is 0.574. The molecule has 0 aliphatic carbocycles. The predicted molar refractivity (Wildman–Crippen MR) is 37.7 cm³/mol. The summed E-state index contributed by atoms with van der Waals surface area (Å²) in [6.07, 6.45) is 0. The first kappa shape index (κ1) is 8.20. The van der Waals surface area contributed by atoms with E-state index in [9.17, 15) is 8.78 Å². The van der Waals surface area contributed by atoms with Crippen molar-refractivity contribution in [2.45, 2.75) is 6.61 Å². The van der Waals surface area contributed by atoms with Crippen molar-refractivity contribution in [1.29, 1.82) is 0 Å². The van der Waals surface area contributed by atoms with Crippen LogP contribution in [0.15, 0.2) is 12.1 Å². The molecule has 0 unspecified atom stereocenters. The van der Waals surface area contributed by atoms with E-state index in [-0.39, 0.29) is 17.6 Å². The van der Waals surface area contributed by atoms with Crippen LogP contribution in [0, 0.1) is 11.6 Å². The van der Waals surface area contributed by atoms with E-state index in [0.717, 1.165) is 12.1 Å². The molecule has 0 bridgehead atoms. The number of hydrogen-bond acceptors (Lipinski definition) is 1. The maximum absolute atomic E-state index is 12.4. The van der Waals surface area contributed by atoms with E-state index in [2.05, 4.69) is 0 Å². The third-order valence-electron chi connectivity index (χ3n) is 1.35. The molecule has 1 aromatic carbocycles. The molecule has 0 fully saturated rings. The highest BCUT2D eigenvalue weighted by Gasteiger charge is 2.04. The first-order chi connectivity index (χ1) is 5.15. The normalized spacial score (nSPS) is 10.1. The van der Waals surface area contributed by atoms with Crippen LogP contribution in [0.4, 0.5) is 8.78 Å². The van der Waals surface area contributed by atoms with Crippen molar-refractivity contribution in [2.75, 3.05) is 0 Å². The van der Waals surface area contributed by atoms with Crippen molar-refractivity contribution in [1.82, 2.24) is 0 Å². The van der Waals surface area contributed by atoms with Crippen LogP contribution in [0.1, 0.15) is 5.56 Å². The number of halogens is 2. The summed E-state index contributed by atoms with van der Waals surface area (Å²) in [7, 11) is 5.23. The standard InChI is InChI=1S/C7H5BF2O/c8-5-2-7(10)6(9)1-4(5)3-11/h1-2,11H,3H2. The van der Waals surface area contributed by atoms with Gasteiger partial charge in [-0.15, -0.1) is 0 Å². The summed E-state index contributed by atoms with van der Waals surface area (Å²) in [5.41, 5.74) is 0.260. The second-order valence-electron chi connectivity index (χ2n) is 2.12. The number of aliphatic hydroxyl groups is 1. The molecule has 1 nitrogen and oxygen atoms in total. The fourth-order valence-electron chi connectivity index (χ4n) is 0.740. The van der Waals surface area contributed by atoms with Gasteiger partial charge in [0.25, 0.3) is 0 Å². The van der Waals surface area contributed by atoms with Crippen molar-refractivity contribution in [3.05, 3.63) is 29.3 Å². The first-order valence-electron chi connectivity index (χ1n) is 2.99. The van der Waals surface area contributed by atoms with Gasteiger partial charge in [0.1, 0.15) is 7.85 Å². The number of aliphatic hydroxyl groups excluding tert-OH is 1. The Bertz CT molecular complexity index is 275. The van der Waals surface area contributed by atoms with Crippen molar-refractivity contribution in [3.8, 4) is 0 Å². The lowest BCUT2D eigenvalue weighted by Crippen LogP contribution is -2.12. The smallest absolute Gasteiger partial charge is 0.159 e. The van der Waals surface area contributed by atoms with Gasteiger partial charge in [0.05, 0.1) is 6.61 Å². The van der Waals surface area contributed by atoms with Gasteiger partial charge < -0.3 is 5.11 Å². The molecule has 1 rings (SSSR count). The summed E-state index contributed by atoms with van der Waals surface area (Å²) >= 11 is 0. The maximum Gasteiger partial charge on any atom is 0.159 e. The molecule has 56 valence electrons. The summed E-state index contributed by atoms with van der Waals surface area (Å²) in [6.45, 7) is -0.386. The zero-order valence-corrected chi connectivity index (χ0v) is 5.64. The number of hydrogen-bond donors (Lipinski definition) is 1. The van der Waals surface area contributed by atoms with E-state index in [4.69, 9.17) is 13.0 Å². The zero-order chi connectivity index (χ0) is 8.43. The largest absolute Gasteiger partial charge is 0.392 e. The topological polar surface area (TPSA) is 20.2 Å². The van der Waals surface area contributed by atoms with E-state index in [1.54, 1.807) is 0 Å². The van der Waals surface area contributed by atoms with Crippen LogP contribution in [0.3, 0.4) is 0 Å². The summed E-state index contributed by atoms with van der Waals surface area (Å²) in [4.78, 5) is 0. The fourth-order valence-corrected chi connectivity index (χ4v) is 0.740. The lowest BCUT2D eigenvalue weighted by molar-refractivity contribution is 0.282. The Kier molecular flexibility index (Phi) is 2.24. The monoisotopic (exact) mass is 154 g/mol. The lowest BCUT2D eigenvalue weighted by Gasteiger charge is -2.02. The molecule has 0 atom stereocenters. The molecule has 0 saturated heterocycles. The molecular weight excluding hydrogens is 149 g/mol. The average Bonchev–Trinajstić information content (AvgIpc) is 1.97. The minimum atomic E-state index is -1.00. The molecule has 0 aromatic heterocycles. The molecule has 4 heteroatoms. The van der Waals surface area contributed by atoms with Crippen LogP contribution < -0.4 is 5.46 Å². The highest BCUT2D eigenvalue weighted by Crippen LogP contribution is 2.05. The zero-order valence-electron chi connectivity index (χ0n) is 5.64. The van der Waals surface area contributed by atoms with Crippen molar-refractivity contribution < 1.29 is 13.9 Å². The number of rotatable bonds is 1. The average molecular weight is 154 g/mol. The Morgan fingerprint density at radius 3 is 2.36 bits per heavy atom. The summed E-state index contributed by atoms with van der Waals surface area (Å²) < 4.78 is 24.8. The van der Waals surface area contributed by atoms with Crippen molar-refractivity contribution >= 4 is 13.3 Å². The van der Waals surface area contributed by atoms with E-state index in [0.29, 0.717) is 0 Å². The van der Waals surface area contributed by atoms with E-state index in [1.165, 1.54) is 0 Å². The SMILES string of the molecule is [B]c1cc(F)c(F)cc1CO. The maximum atomic E-state index is 12.4. The van der Waals surface area contributed by atoms with Gasteiger partial charge in [0.2, 0.25) is 0 Å². The second kappa shape index (κ2) is 3.01. The van der Waals surface area contributed by atoms with Gasteiger partial charge >= 0.3 is 0 Å². The Hall–Kier alpha value is -0.895. The van der Waals surface area contributed by atoms with Gasteiger partial charge in [-0.25, -0.2) is 8.78 Å². The third-order valence-corrected chi connectivity index (χ3v) is 1.35. The van der Waals surface area contributed by atoms with Gasteiger partial charge in [0, 0.05) is 0 Å². The van der Waals surface area contributed by atoms with Crippen LogP contribution in [0.5, 0.6) is 0 Å². The Balaban J connectivity index is 3.21. The molecule has 2 radical (unpaired) electrons. The molecule has 0 amide bonds. The minimum Gasteiger partial charge on any atom is -0.392 e. The summed E-state index contributed by atoms with van der Waals surface area (Å²) in [5, 5.41) is 8.56. The van der Waals surface area contributed by atoms with Crippen LogP contribution >= 0.6 is 0 Å². The first-order valence-corrected chi connectivity index (χ1v) is 2.99. The van der Waals surface area contributed by atoms with Gasteiger partial charge in [-0.05, 0) is 17.7 Å². The minimum absolute atomic E-state index is 0.0615. The van der Waals surface area contributed by atoms with Gasteiger partial charge in [-0.1, -0.05) is 5.46 Å². The fraction of sp³-hybridized carbons (Fsp3) is 0.143. The van der Waals surface area contributed by atoms with Crippen molar-refractivity contribution in [3.63, 3.8) is 0 Å². The van der Waals surface area contributed by atoms with Gasteiger partial charge in [0.15, 0.2) is 11.6 Å². The van der Waals surface area contributed by atoms with Gasteiger partial charge in [-0.2, -0.15) is 0 Å². The molecule has 1 aromatic rings. The summed E-state index contributed by atoms with van der Waals surface area (Å²) in [5.74, 6) is -2.00. The number of benzene rings is 1. The highest BCUT2D eigenvalue weighted by atomic mass is 19.2. The Morgan fingerprint density at radius 2 is 1.82 bits per heavy atom. The molecule has 0 aliphatic rings. The van der Waals surface area contributed by atoms with E-state index >= 15 is 0 Å². The summed E-state index contributed by atoms with van der Waals surface area (Å²) in [6, 6.07) is 1.73. The molecule has 0 saturated carbocycles. The molecule has 1 N–H and O–H groups in total. The molecular formula is C7H5BF2O. The lowest BCUT2D eigenvalue weighted by atomic mass is 9.91. The van der Waals surface area contributed by atoms with Crippen LogP contribution in [-0.2, 0) is 6.61 Å². The Labute approximate surface area is 64.1 Å². The van der Waals surface area contributed by atoms with Crippen LogP contribution in [0.2, 0.25) is 0 Å². The highest BCUT2D eigenvalue weighted by molar-refractivity contribution is 6.33. The molecule has 0 heterocycles. The van der Waals surface area contributed by atoms with Gasteiger partial charge in [-0.3, -0.25) is 0 Å². The van der Waals surface area contributed by atoms with Crippen LogP contribution in [-0.4, -0.2) is 13.0 Å². The molecule has 0 spiro atoms. The van der Waals surface area contributed by atoms with Crippen LogP contribution in [0.25, 0.3) is 0 Å². The third kappa shape index (κ3) is 1.57. The molecule has 0 aliphatic heterocycles. The van der Waals surface area contributed by atoms with E-state index < -0.39 is 11.6 Å². The van der Waals surface area contributed by atoms with Crippen molar-refractivity contribution in [2.24, 2.45) is 0 Å². The Morgan fingerprint density at radius 1 is 1.27 bits per heavy atom.